The fourth-order valence-corrected chi connectivity index (χ4v) is 3.21. The van der Waals surface area contributed by atoms with Crippen molar-refractivity contribution in [2.75, 3.05) is 12.4 Å². The second kappa shape index (κ2) is 5.25. The molecule has 2 aromatic rings. The van der Waals surface area contributed by atoms with Gasteiger partial charge < -0.3 is 10.1 Å². The van der Waals surface area contributed by atoms with Crippen molar-refractivity contribution < 1.29 is 4.74 Å². The zero-order chi connectivity index (χ0) is 13.2. The Kier molecular flexibility index (Phi) is 3.47. The standard InChI is InChI=1S/C16H16BrNO/c1-19-16-9-7-12(10-14(16)17)18-15-8-6-11-4-2-3-5-13(11)15/h2-5,7,9-10,15,18H,6,8H2,1H3. The molecule has 0 aromatic heterocycles. The first-order chi connectivity index (χ1) is 9.28. The maximum absolute atomic E-state index is 5.25. The Morgan fingerprint density at radius 1 is 1.21 bits per heavy atom. The van der Waals surface area contributed by atoms with Crippen molar-refractivity contribution in [2.24, 2.45) is 0 Å². The molecular weight excluding hydrogens is 302 g/mol. The van der Waals surface area contributed by atoms with Crippen LogP contribution in [0.1, 0.15) is 23.6 Å². The van der Waals surface area contributed by atoms with Crippen LogP contribution in [-0.2, 0) is 6.42 Å². The Bertz CT molecular complexity index is 597. The molecule has 1 aliphatic carbocycles. The molecule has 2 aromatic carbocycles. The molecule has 1 unspecified atom stereocenters. The third-order valence-corrected chi connectivity index (χ3v) is 4.25. The number of ether oxygens (including phenoxy) is 1. The molecule has 0 heterocycles. The molecule has 3 heteroatoms. The van der Waals surface area contributed by atoms with Crippen LogP contribution < -0.4 is 10.1 Å². The van der Waals surface area contributed by atoms with E-state index in [4.69, 9.17) is 4.74 Å². The van der Waals surface area contributed by atoms with E-state index < -0.39 is 0 Å². The molecule has 0 bridgehead atoms. The predicted molar refractivity (Wildman–Crippen MR) is 81.8 cm³/mol. The van der Waals surface area contributed by atoms with Crippen LogP contribution in [0.25, 0.3) is 0 Å². The molecule has 1 atom stereocenters. The van der Waals surface area contributed by atoms with Gasteiger partial charge in [-0.15, -0.1) is 0 Å². The number of anilines is 1. The van der Waals surface area contributed by atoms with E-state index in [2.05, 4.69) is 57.6 Å². The topological polar surface area (TPSA) is 21.3 Å². The fraction of sp³-hybridized carbons (Fsp3) is 0.250. The van der Waals surface area contributed by atoms with E-state index in [9.17, 15) is 0 Å². The van der Waals surface area contributed by atoms with Crippen LogP contribution in [-0.4, -0.2) is 7.11 Å². The number of hydrogen-bond acceptors (Lipinski definition) is 2. The summed E-state index contributed by atoms with van der Waals surface area (Å²) in [7, 11) is 1.68. The van der Waals surface area contributed by atoms with Crippen LogP contribution in [0.2, 0.25) is 0 Å². The second-order valence-corrected chi connectivity index (χ2v) is 5.64. The lowest BCUT2D eigenvalue weighted by atomic mass is 10.1. The van der Waals surface area contributed by atoms with Gasteiger partial charge in [-0.2, -0.15) is 0 Å². The molecule has 0 aliphatic heterocycles. The Labute approximate surface area is 121 Å². The van der Waals surface area contributed by atoms with Crippen LogP contribution in [0, 0.1) is 0 Å². The highest BCUT2D eigenvalue weighted by atomic mass is 79.9. The van der Waals surface area contributed by atoms with Gasteiger partial charge in [-0.3, -0.25) is 0 Å². The van der Waals surface area contributed by atoms with Gasteiger partial charge in [0.25, 0.3) is 0 Å². The molecule has 1 aliphatic rings. The van der Waals surface area contributed by atoms with Gasteiger partial charge in [-0.1, -0.05) is 24.3 Å². The summed E-state index contributed by atoms with van der Waals surface area (Å²) in [5.74, 6) is 0.859. The number of methoxy groups -OCH3 is 1. The van der Waals surface area contributed by atoms with Crippen LogP contribution in [0.15, 0.2) is 46.9 Å². The lowest BCUT2D eigenvalue weighted by molar-refractivity contribution is 0.412. The predicted octanol–water partition coefficient (Wildman–Crippen LogP) is 4.56. The van der Waals surface area contributed by atoms with Crippen LogP contribution in [0.4, 0.5) is 5.69 Å². The summed E-state index contributed by atoms with van der Waals surface area (Å²) in [5.41, 5.74) is 4.01. The number of halogens is 1. The van der Waals surface area contributed by atoms with Gasteiger partial charge in [0.2, 0.25) is 0 Å². The molecule has 19 heavy (non-hydrogen) atoms. The summed E-state index contributed by atoms with van der Waals surface area (Å²) in [5, 5.41) is 3.60. The number of nitrogens with one attached hydrogen (secondary N) is 1. The van der Waals surface area contributed by atoms with Crippen LogP contribution in [0.5, 0.6) is 5.75 Å². The summed E-state index contributed by atoms with van der Waals surface area (Å²) in [6.07, 6.45) is 2.31. The number of benzene rings is 2. The van der Waals surface area contributed by atoms with Gasteiger partial charge in [0.1, 0.15) is 5.75 Å². The average molecular weight is 318 g/mol. The van der Waals surface area contributed by atoms with E-state index in [0.29, 0.717) is 6.04 Å². The van der Waals surface area contributed by atoms with Crippen molar-refractivity contribution >= 4 is 21.6 Å². The first kappa shape index (κ1) is 12.5. The van der Waals surface area contributed by atoms with Gasteiger partial charge in [-0.25, -0.2) is 0 Å². The van der Waals surface area contributed by atoms with Crippen molar-refractivity contribution in [3.8, 4) is 5.75 Å². The van der Waals surface area contributed by atoms with Crippen molar-refractivity contribution in [1.29, 1.82) is 0 Å². The summed E-state index contributed by atoms with van der Waals surface area (Å²) in [6.45, 7) is 0. The van der Waals surface area contributed by atoms with Gasteiger partial charge in [0.05, 0.1) is 17.6 Å². The Balaban J connectivity index is 1.81. The molecule has 2 nitrogen and oxygen atoms in total. The minimum atomic E-state index is 0.413. The number of hydrogen-bond donors (Lipinski definition) is 1. The normalized spacial score (nSPS) is 17.1. The zero-order valence-electron chi connectivity index (χ0n) is 10.8. The Morgan fingerprint density at radius 3 is 2.84 bits per heavy atom. The molecule has 1 N–H and O–H groups in total. The zero-order valence-corrected chi connectivity index (χ0v) is 12.4. The highest BCUT2D eigenvalue weighted by Gasteiger charge is 2.21. The largest absolute Gasteiger partial charge is 0.496 e. The van der Waals surface area contributed by atoms with Gasteiger partial charge in [0, 0.05) is 5.69 Å². The molecule has 0 saturated heterocycles. The molecule has 0 amide bonds. The van der Waals surface area contributed by atoms with Gasteiger partial charge >= 0.3 is 0 Å². The lowest BCUT2D eigenvalue weighted by Crippen LogP contribution is -2.06. The third-order valence-electron chi connectivity index (χ3n) is 3.63. The molecule has 0 radical (unpaired) electrons. The highest BCUT2D eigenvalue weighted by molar-refractivity contribution is 9.10. The number of aryl methyl sites for hydroxylation is 1. The van der Waals surface area contributed by atoms with Crippen molar-refractivity contribution in [2.45, 2.75) is 18.9 Å². The first-order valence-corrected chi connectivity index (χ1v) is 7.25. The molecule has 98 valence electrons. The Hall–Kier alpha value is -1.48. The van der Waals surface area contributed by atoms with Crippen molar-refractivity contribution in [3.63, 3.8) is 0 Å². The maximum atomic E-state index is 5.25. The van der Waals surface area contributed by atoms with E-state index >= 15 is 0 Å². The first-order valence-electron chi connectivity index (χ1n) is 6.46. The Morgan fingerprint density at radius 2 is 2.05 bits per heavy atom. The summed E-state index contributed by atoms with van der Waals surface area (Å²) < 4.78 is 6.23. The van der Waals surface area contributed by atoms with Crippen molar-refractivity contribution in [1.82, 2.24) is 0 Å². The highest BCUT2D eigenvalue weighted by Crippen LogP contribution is 2.35. The van der Waals surface area contributed by atoms with E-state index in [-0.39, 0.29) is 0 Å². The van der Waals surface area contributed by atoms with Gasteiger partial charge in [-0.05, 0) is 58.1 Å². The third kappa shape index (κ3) is 2.47. The van der Waals surface area contributed by atoms with Gasteiger partial charge in [0.15, 0.2) is 0 Å². The molecular formula is C16H16BrNO. The summed E-state index contributed by atoms with van der Waals surface area (Å²) in [4.78, 5) is 0. The van der Waals surface area contributed by atoms with Crippen LogP contribution in [0.3, 0.4) is 0 Å². The maximum Gasteiger partial charge on any atom is 0.133 e. The monoisotopic (exact) mass is 317 g/mol. The average Bonchev–Trinajstić information content (AvgIpc) is 2.83. The lowest BCUT2D eigenvalue weighted by Gasteiger charge is -2.16. The van der Waals surface area contributed by atoms with Crippen molar-refractivity contribution in [3.05, 3.63) is 58.1 Å². The quantitative estimate of drug-likeness (QED) is 0.896. The smallest absolute Gasteiger partial charge is 0.133 e. The van der Waals surface area contributed by atoms with E-state index in [1.807, 2.05) is 6.07 Å². The minimum absolute atomic E-state index is 0.413. The fourth-order valence-electron chi connectivity index (χ4n) is 2.66. The molecule has 0 spiro atoms. The second-order valence-electron chi connectivity index (χ2n) is 4.78. The summed E-state index contributed by atoms with van der Waals surface area (Å²) in [6, 6.07) is 15.2. The SMILES string of the molecule is COc1ccc(NC2CCc3ccccc32)cc1Br. The van der Waals surface area contributed by atoms with Crippen LogP contribution >= 0.6 is 15.9 Å². The van der Waals surface area contributed by atoms with E-state index in [1.165, 1.54) is 11.1 Å². The minimum Gasteiger partial charge on any atom is -0.496 e. The van der Waals surface area contributed by atoms with E-state index in [0.717, 1.165) is 28.8 Å². The summed E-state index contributed by atoms with van der Waals surface area (Å²) >= 11 is 3.52. The number of rotatable bonds is 3. The van der Waals surface area contributed by atoms with E-state index in [1.54, 1.807) is 7.11 Å². The molecule has 3 rings (SSSR count). The molecule has 0 fully saturated rings. The molecule has 0 saturated carbocycles. The number of fused-ring (bicyclic) bond motifs is 1.